The Kier molecular flexibility index (Phi) is 3.41. The monoisotopic (exact) mass is 329 g/mol. The summed E-state index contributed by atoms with van der Waals surface area (Å²) in [5.41, 5.74) is 1.94. The number of hydrogen-bond acceptors (Lipinski definition) is 6. The molecule has 9 heteroatoms. The summed E-state index contributed by atoms with van der Waals surface area (Å²) in [4.78, 5) is 20.9. The molecule has 3 aromatic heterocycles. The maximum atomic E-state index is 12.4. The summed E-state index contributed by atoms with van der Waals surface area (Å²) in [5, 5.41) is 7.50. The van der Waals surface area contributed by atoms with E-state index in [-0.39, 0.29) is 11.8 Å². The Morgan fingerprint density at radius 2 is 2.35 bits per heavy atom. The van der Waals surface area contributed by atoms with Gasteiger partial charge in [-0.1, -0.05) is 0 Å². The number of anilines is 1. The van der Waals surface area contributed by atoms with Crippen LogP contribution in [-0.2, 0) is 24.8 Å². The van der Waals surface area contributed by atoms with Crippen molar-refractivity contribution in [3.63, 3.8) is 0 Å². The molecule has 1 amide bonds. The molecule has 1 N–H and O–H groups in total. The van der Waals surface area contributed by atoms with Crippen LogP contribution in [0.2, 0.25) is 0 Å². The van der Waals surface area contributed by atoms with Crippen molar-refractivity contribution in [2.75, 3.05) is 5.32 Å². The molecule has 0 fully saturated rings. The molecular formula is C14H15N7OS. The van der Waals surface area contributed by atoms with Gasteiger partial charge in [-0.2, -0.15) is 14.5 Å². The number of carbonyl (C=O) groups excluding carboxylic acids is 1. The molecule has 1 atom stereocenters. The number of hydrogen-bond donors (Lipinski definition) is 1. The van der Waals surface area contributed by atoms with Crippen LogP contribution in [0.1, 0.15) is 12.1 Å². The minimum absolute atomic E-state index is 0.00802. The summed E-state index contributed by atoms with van der Waals surface area (Å²) in [6, 6.07) is 0. The molecule has 1 aliphatic rings. The van der Waals surface area contributed by atoms with Crippen LogP contribution in [0, 0.1) is 5.92 Å². The average molecular weight is 329 g/mol. The zero-order chi connectivity index (χ0) is 15.8. The Labute approximate surface area is 136 Å². The molecule has 118 valence electrons. The first-order valence-corrected chi connectivity index (χ1v) is 8.09. The standard InChI is InChI=1S/C14H15N7OS/c1-20-7-10(5-16-20)12-17-14(23-19-12)18-13(22)9-2-3-21-8-15-6-11(21)4-9/h5-9H,2-4H2,1H3,(H,17,18,19,22). The molecule has 1 unspecified atom stereocenters. The number of aryl methyl sites for hydroxylation is 2. The summed E-state index contributed by atoms with van der Waals surface area (Å²) >= 11 is 1.19. The molecular weight excluding hydrogens is 314 g/mol. The Morgan fingerprint density at radius 1 is 1.43 bits per heavy atom. The number of imidazole rings is 1. The first kappa shape index (κ1) is 14.1. The number of amides is 1. The fraction of sp³-hybridized carbons (Fsp3) is 0.357. The molecule has 1 aliphatic heterocycles. The highest BCUT2D eigenvalue weighted by Crippen LogP contribution is 2.24. The van der Waals surface area contributed by atoms with Crippen molar-refractivity contribution in [1.29, 1.82) is 0 Å². The van der Waals surface area contributed by atoms with E-state index in [1.165, 1.54) is 11.5 Å². The maximum absolute atomic E-state index is 12.4. The summed E-state index contributed by atoms with van der Waals surface area (Å²) in [6.45, 7) is 0.824. The maximum Gasteiger partial charge on any atom is 0.229 e. The summed E-state index contributed by atoms with van der Waals surface area (Å²) in [6.07, 6.45) is 8.70. The lowest BCUT2D eigenvalue weighted by molar-refractivity contribution is -0.120. The van der Waals surface area contributed by atoms with Gasteiger partial charge in [0.15, 0.2) is 5.82 Å². The van der Waals surface area contributed by atoms with E-state index in [0.717, 1.165) is 24.2 Å². The lowest BCUT2D eigenvalue weighted by Gasteiger charge is -2.22. The van der Waals surface area contributed by atoms with Gasteiger partial charge in [0.2, 0.25) is 11.0 Å². The first-order valence-electron chi connectivity index (χ1n) is 7.31. The predicted molar refractivity (Wildman–Crippen MR) is 84.8 cm³/mol. The second kappa shape index (κ2) is 5.58. The third-order valence-electron chi connectivity index (χ3n) is 3.96. The van der Waals surface area contributed by atoms with Gasteiger partial charge in [0.1, 0.15) is 0 Å². The van der Waals surface area contributed by atoms with Gasteiger partial charge in [0.25, 0.3) is 0 Å². The number of fused-ring (bicyclic) bond motifs is 1. The zero-order valence-corrected chi connectivity index (χ0v) is 13.3. The average Bonchev–Trinajstić information content (AvgIpc) is 3.26. The third kappa shape index (κ3) is 2.74. The van der Waals surface area contributed by atoms with E-state index in [2.05, 4.69) is 29.3 Å². The number of aromatic nitrogens is 6. The topological polar surface area (TPSA) is 90.5 Å². The lowest BCUT2D eigenvalue weighted by Crippen LogP contribution is -2.29. The second-order valence-electron chi connectivity index (χ2n) is 5.58. The fourth-order valence-corrected chi connectivity index (χ4v) is 3.32. The van der Waals surface area contributed by atoms with Crippen LogP contribution in [0.4, 0.5) is 5.13 Å². The van der Waals surface area contributed by atoms with Crippen LogP contribution in [0.25, 0.3) is 11.4 Å². The zero-order valence-electron chi connectivity index (χ0n) is 12.5. The van der Waals surface area contributed by atoms with Gasteiger partial charge < -0.3 is 9.88 Å². The van der Waals surface area contributed by atoms with E-state index in [0.29, 0.717) is 17.4 Å². The van der Waals surface area contributed by atoms with Crippen LogP contribution in [-0.4, -0.2) is 34.6 Å². The quantitative estimate of drug-likeness (QED) is 0.783. The van der Waals surface area contributed by atoms with Gasteiger partial charge in [-0.15, -0.1) is 0 Å². The minimum atomic E-state index is -0.0510. The first-order chi connectivity index (χ1) is 11.2. The van der Waals surface area contributed by atoms with E-state index in [1.54, 1.807) is 10.9 Å². The molecule has 0 bridgehead atoms. The summed E-state index contributed by atoms with van der Waals surface area (Å²) in [5.74, 6) is 0.524. The van der Waals surface area contributed by atoms with Crippen molar-refractivity contribution in [3.8, 4) is 11.4 Å². The second-order valence-corrected chi connectivity index (χ2v) is 6.34. The Morgan fingerprint density at radius 3 is 3.17 bits per heavy atom. The number of nitrogens with zero attached hydrogens (tertiary/aromatic N) is 6. The highest BCUT2D eigenvalue weighted by molar-refractivity contribution is 7.10. The van der Waals surface area contributed by atoms with E-state index < -0.39 is 0 Å². The predicted octanol–water partition coefficient (Wildman–Crippen LogP) is 1.34. The molecule has 3 aromatic rings. The van der Waals surface area contributed by atoms with Crippen LogP contribution in [0.3, 0.4) is 0 Å². The van der Waals surface area contributed by atoms with E-state index in [4.69, 9.17) is 0 Å². The SMILES string of the molecule is Cn1cc(-c2nsc(NC(=O)C3CCn4cncc4C3)n2)cn1. The normalized spacial score (nSPS) is 17.0. The highest BCUT2D eigenvalue weighted by atomic mass is 32.1. The van der Waals surface area contributed by atoms with Crippen molar-refractivity contribution in [1.82, 2.24) is 28.7 Å². The van der Waals surface area contributed by atoms with Crippen LogP contribution >= 0.6 is 11.5 Å². The van der Waals surface area contributed by atoms with Gasteiger partial charge >= 0.3 is 0 Å². The van der Waals surface area contributed by atoms with Crippen molar-refractivity contribution >= 4 is 22.6 Å². The largest absolute Gasteiger partial charge is 0.335 e. The fourth-order valence-electron chi connectivity index (χ4n) is 2.73. The van der Waals surface area contributed by atoms with Crippen molar-refractivity contribution in [2.45, 2.75) is 19.4 Å². The van der Waals surface area contributed by atoms with Gasteiger partial charge in [0.05, 0.1) is 18.1 Å². The van der Waals surface area contributed by atoms with E-state index >= 15 is 0 Å². The Balaban J connectivity index is 1.44. The molecule has 0 radical (unpaired) electrons. The molecule has 0 saturated heterocycles. The van der Waals surface area contributed by atoms with E-state index in [9.17, 15) is 4.79 Å². The molecule has 23 heavy (non-hydrogen) atoms. The molecule has 0 saturated carbocycles. The summed E-state index contributed by atoms with van der Waals surface area (Å²) in [7, 11) is 1.84. The van der Waals surface area contributed by atoms with Crippen molar-refractivity contribution < 1.29 is 4.79 Å². The van der Waals surface area contributed by atoms with Crippen molar-refractivity contribution in [3.05, 3.63) is 30.6 Å². The summed E-state index contributed by atoms with van der Waals surface area (Å²) < 4.78 is 8.06. The lowest BCUT2D eigenvalue weighted by atomic mass is 9.95. The molecule has 0 aliphatic carbocycles. The molecule has 0 aromatic carbocycles. The van der Waals surface area contributed by atoms with Gasteiger partial charge in [-0.3, -0.25) is 9.48 Å². The number of nitrogens with one attached hydrogen (secondary N) is 1. The molecule has 4 heterocycles. The van der Waals surface area contributed by atoms with Crippen LogP contribution in [0.5, 0.6) is 0 Å². The number of carbonyl (C=O) groups is 1. The number of rotatable bonds is 3. The Hall–Kier alpha value is -2.55. The van der Waals surface area contributed by atoms with Crippen LogP contribution in [0.15, 0.2) is 24.9 Å². The van der Waals surface area contributed by atoms with E-state index in [1.807, 2.05) is 25.8 Å². The van der Waals surface area contributed by atoms with Crippen molar-refractivity contribution in [2.24, 2.45) is 13.0 Å². The third-order valence-corrected chi connectivity index (χ3v) is 4.59. The molecule has 4 rings (SSSR count). The highest BCUT2D eigenvalue weighted by Gasteiger charge is 2.25. The Bertz CT molecular complexity index is 849. The van der Waals surface area contributed by atoms with Crippen LogP contribution < -0.4 is 5.32 Å². The van der Waals surface area contributed by atoms with Gasteiger partial charge in [-0.05, 0) is 6.42 Å². The minimum Gasteiger partial charge on any atom is -0.335 e. The smallest absolute Gasteiger partial charge is 0.229 e. The van der Waals surface area contributed by atoms with Gasteiger partial charge in [0, 0.05) is 55.6 Å². The van der Waals surface area contributed by atoms with Gasteiger partial charge in [-0.25, -0.2) is 4.98 Å². The molecule has 0 spiro atoms. The molecule has 8 nitrogen and oxygen atoms in total.